The molecule has 0 aliphatic carbocycles. The molecule has 2 amide bonds. The summed E-state index contributed by atoms with van der Waals surface area (Å²) in [7, 11) is 1.42. The summed E-state index contributed by atoms with van der Waals surface area (Å²) in [6.45, 7) is 2.21. The average molecular weight is 524 g/mol. The molecule has 4 rings (SSSR count). The van der Waals surface area contributed by atoms with Gasteiger partial charge in [-0.1, -0.05) is 47.5 Å². The smallest absolute Gasteiger partial charge is 0.343 e. The lowest BCUT2D eigenvalue weighted by Gasteiger charge is -2.13. The number of nitrogens with zero attached hydrogens (tertiary/aromatic N) is 1. The fourth-order valence-electron chi connectivity index (χ4n) is 3.38. The molecule has 1 saturated heterocycles. The van der Waals surface area contributed by atoms with Crippen molar-refractivity contribution in [2.45, 2.75) is 6.92 Å². The summed E-state index contributed by atoms with van der Waals surface area (Å²) in [5, 5.41) is -0.263. The number of methoxy groups -OCH3 is 1. The summed E-state index contributed by atoms with van der Waals surface area (Å²) in [6.07, 6.45) is 1.54. The Hall–Kier alpha value is -3.75. The molecule has 1 aliphatic heterocycles. The van der Waals surface area contributed by atoms with Gasteiger partial charge >= 0.3 is 5.97 Å². The topological polar surface area (TPSA) is 82.1 Å². The third-order valence-corrected chi connectivity index (χ3v) is 6.42. The maximum atomic E-state index is 12.8. The second kappa shape index (κ2) is 11.3. The van der Waals surface area contributed by atoms with Gasteiger partial charge in [0.2, 0.25) is 0 Å². The van der Waals surface area contributed by atoms with Crippen LogP contribution in [0.25, 0.3) is 6.08 Å². The number of carbonyl (C=O) groups is 3. The zero-order chi connectivity index (χ0) is 25.7. The van der Waals surface area contributed by atoms with Crippen LogP contribution in [0, 0.1) is 6.92 Å². The van der Waals surface area contributed by atoms with Gasteiger partial charge in [0.25, 0.3) is 11.1 Å². The van der Waals surface area contributed by atoms with Crippen LogP contribution in [0.4, 0.5) is 4.79 Å². The lowest BCUT2D eigenvalue weighted by molar-refractivity contribution is -0.123. The van der Waals surface area contributed by atoms with Crippen LogP contribution in [0.3, 0.4) is 0 Å². The van der Waals surface area contributed by atoms with Crippen molar-refractivity contribution in [1.82, 2.24) is 4.90 Å². The van der Waals surface area contributed by atoms with E-state index < -0.39 is 11.9 Å². The van der Waals surface area contributed by atoms with Crippen molar-refractivity contribution >= 4 is 46.6 Å². The minimum Gasteiger partial charge on any atom is -0.493 e. The van der Waals surface area contributed by atoms with Gasteiger partial charge in [-0.15, -0.1) is 0 Å². The molecular weight excluding hydrogens is 502 g/mol. The Morgan fingerprint density at radius 1 is 1.06 bits per heavy atom. The molecule has 0 aromatic heterocycles. The maximum Gasteiger partial charge on any atom is 0.343 e. The highest BCUT2D eigenvalue weighted by Crippen LogP contribution is 2.39. The summed E-state index contributed by atoms with van der Waals surface area (Å²) in [4.78, 5) is 39.2. The van der Waals surface area contributed by atoms with Crippen molar-refractivity contribution in [3.63, 3.8) is 0 Å². The lowest BCUT2D eigenvalue weighted by atomic mass is 10.1. The van der Waals surface area contributed by atoms with Crippen molar-refractivity contribution in [2.75, 3.05) is 20.3 Å². The normalized spacial score (nSPS) is 14.3. The molecule has 0 bridgehead atoms. The second-order valence-corrected chi connectivity index (χ2v) is 9.18. The number of thioether (sulfide) groups is 1. The number of aryl methyl sites for hydroxylation is 1. The van der Waals surface area contributed by atoms with Crippen LogP contribution in [0.15, 0.2) is 71.6 Å². The molecular formula is C27H22ClNO6S. The number of esters is 1. The summed E-state index contributed by atoms with van der Waals surface area (Å²) >= 11 is 7.23. The van der Waals surface area contributed by atoms with Crippen LogP contribution in [0.5, 0.6) is 17.2 Å². The number of carbonyl (C=O) groups excluding carboxylic acids is 3. The van der Waals surface area contributed by atoms with Crippen LogP contribution < -0.4 is 14.2 Å². The highest BCUT2D eigenvalue weighted by molar-refractivity contribution is 8.18. The van der Waals surface area contributed by atoms with E-state index >= 15 is 0 Å². The molecule has 1 fully saturated rings. The van der Waals surface area contributed by atoms with Crippen molar-refractivity contribution in [3.05, 3.63) is 93.3 Å². The van der Waals surface area contributed by atoms with E-state index in [1.807, 2.05) is 25.1 Å². The van der Waals surface area contributed by atoms with Gasteiger partial charge in [-0.2, -0.15) is 0 Å². The molecule has 0 unspecified atom stereocenters. The monoisotopic (exact) mass is 523 g/mol. The first kappa shape index (κ1) is 25.3. The van der Waals surface area contributed by atoms with E-state index in [2.05, 4.69) is 0 Å². The quantitative estimate of drug-likeness (QED) is 0.204. The fourth-order valence-corrected chi connectivity index (χ4v) is 4.50. The van der Waals surface area contributed by atoms with Gasteiger partial charge in [-0.25, -0.2) is 4.79 Å². The molecule has 1 aliphatic rings. The average Bonchev–Trinajstić information content (AvgIpc) is 3.13. The Labute approximate surface area is 217 Å². The van der Waals surface area contributed by atoms with Gasteiger partial charge in [-0.3, -0.25) is 14.5 Å². The third kappa shape index (κ3) is 5.90. The number of ether oxygens (including phenoxy) is 3. The number of benzene rings is 3. The molecule has 0 saturated carbocycles. The molecule has 0 radical (unpaired) electrons. The standard InChI is InChI=1S/C27H22ClNO6S/c1-17-8-10-19(11-9-17)26(31)35-24-21(28)14-18(15-22(24)33-2)16-23-25(30)29(27(32)36-23)12-13-34-20-6-4-3-5-7-20/h3-11,14-16H,12-13H2,1-2H3/b23-16-. The number of para-hydroxylation sites is 1. The number of rotatable bonds is 8. The number of imide groups is 1. The first-order valence-electron chi connectivity index (χ1n) is 11.0. The van der Waals surface area contributed by atoms with Gasteiger partial charge in [0, 0.05) is 0 Å². The molecule has 0 spiro atoms. The van der Waals surface area contributed by atoms with Gasteiger partial charge < -0.3 is 14.2 Å². The van der Waals surface area contributed by atoms with E-state index in [0.717, 1.165) is 22.2 Å². The SMILES string of the molecule is COc1cc(/C=C2\SC(=O)N(CCOc3ccccc3)C2=O)cc(Cl)c1OC(=O)c1ccc(C)cc1. The van der Waals surface area contributed by atoms with E-state index in [9.17, 15) is 14.4 Å². The van der Waals surface area contributed by atoms with Crippen LogP contribution in [0.1, 0.15) is 21.5 Å². The summed E-state index contributed by atoms with van der Waals surface area (Å²) in [5.74, 6) is -0.0731. The van der Waals surface area contributed by atoms with Crippen LogP contribution in [-0.4, -0.2) is 42.3 Å². The third-order valence-electron chi connectivity index (χ3n) is 5.23. The largest absolute Gasteiger partial charge is 0.493 e. The van der Waals surface area contributed by atoms with Gasteiger partial charge in [0.05, 0.1) is 29.1 Å². The minimum absolute atomic E-state index is 0.0630. The van der Waals surface area contributed by atoms with Crippen molar-refractivity contribution in [3.8, 4) is 17.2 Å². The highest BCUT2D eigenvalue weighted by Gasteiger charge is 2.35. The van der Waals surface area contributed by atoms with Crippen LogP contribution in [-0.2, 0) is 4.79 Å². The predicted molar refractivity (Wildman–Crippen MR) is 139 cm³/mol. The summed E-state index contributed by atoms with van der Waals surface area (Å²) < 4.78 is 16.5. The number of amides is 2. The van der Waals surface area contributed by atoms with Crippen LogP contribution in [0.2, 0.25) is 5.02 Å². The Morgan fingerprint density at radius 3 is 2.47 bits per heavy atom. The first-order chi connectivity index (χ1) is 17.4. The molecule has 1 heterocycles. The van der Waals surface area contributed by atoms with E-state index in [-0.39, 0.29) is 39.8 Å². The van der Waals surface area contributed by atoms with Gasteiger partial charge in [-0.05, 0) is 66.7 Å². The Morgan fingerprint density at radius 2 is 1.78 bits per heavy atom. The van der Waals surface area contributed by atoms with Gasteiger partial charge in [0.1, 0.15) is 12.4 Å². The lowest BCUT2D eigenvalue weighted by Crippen LogP contribution is -2.32. The molecule has 0 N–H and O–H groups in total. The fraction of sp³-hybridized carbons (Fsp3) is 0.148. The Balaban J connectivity index is 1.47. The zero-order valence-corrected chi connectivity index (χ0v) is 21.1. The molecule has 9 heteroatoms. The van der Waals surface area contributed by atoms with Crippen LogP contribution >= 0.6 is 23.4 Å². The second-order valence-electron chi connectivity index (χ2n) is 7.78. The number of hydrogen-bond acceptors (Lipinski definition) is 7. The van der Waals surface area contributed by atoms with Crippen molar-refractivity contribution in [1.29, 1.82) is 0 Å². The summed E-state index contributed by atoms with van der Waals surface area (Å²) in [6, 6.07) is 19.2. The molecule has 184 valence electrons. The van der Waals surface area contributed by atoms with Gasteiger partial charge in [0.15, 0.2) is 11.5 Å². The molecule has 3 aromatic rings. The first-order valence-corrected chi connectivity index (χ1v) is 12.1. The zero-order valence-electron chi connectivity index (χ0n) is 19.5. The molecule has 36 heavy (non-hydrogen) atoms. The van der Waals surface area contributed by atoms with E-state index in [1.165, 1.54) is 13.2 Å². The highest BCUT2D eigenvalue weighted by atomic mass is 35.5. The summed E-state index contributed by atoms with van der Waals surface area (Å²) in [5.41, 5.74) is 1.89. The van der Waals surface area contributed by atoms with E-state index in [4.69, 9.17) is 25.8 Å². The van der Waals surface area contributed by atoms with E-state index in [1.54, 1.807) is 48.5 Å². The molecule has 7 nitrogen and oxygen atoms in total. The minimum atomic E-state index is -0.582. The van der Waals surface area contributed by atoms with E-state index in [0.29, 0.717) is 16.9 Å². The van der Waals surface area contributed by atoms with Crippen molar-refractivity contribution < 1.29 is 28.6 Å². The number of halogens is 1. The molecule has 0 atom stereocenters. The predicted octanol–water partition coefficient (Wildman–Crippen LogP) is 5.99. The maximum absolute atomic E-state index is 12.8. The Kier molecular flexibility index (Phi) is 7.97. The Bertz CT molecular complexity index is 1320. The van der Waals surface area contributed by atoms with Crippen molar-refractivity contribution in [2.24, 2.45) is 0 Å². The molecule has 3 aromatic carbocycles. The number of hydrogen-bond donors (Lipinski definition) is 0.